The van der Waals surface area contributed by atoms with Gasteiger partial charge in [-0.15, -0.1) is 0 Å². The molecule has 10 rings (SSSR count). The molecule has 10 aromatic carbocycles. The summed E-state index contributed by atoms with van der Waals surface area (Å²) in [4.78, 5) is 3.71. The van der Waals surface area contributed by atoms with E-state index in [0.29, 0.717) is 45.0 Å². The van der Waals surface area contributed by atoms with Gasteiger partial charge in [-0.1, -0.05) is 131 Å². The maximum absolute atomic E-state index is 16.5. The lowest BCUT2D eigenvalue weighted by molar-refractivity contribution is 0.586. The van der Waals surface area contributed by atoms with Gasteiger partial charge >= 0.3 is 0 Å². The SMILES string of the molecule is Cc1cc(C)cc(-c2cc(N(c3ccccc3)c3ccc4ccc5c(N(c6ccccc6)c6cc(-c7cc(C)cc(C)c7)c(F)cc6F)ccc6ccc3c4c65)c(F)cc2F)c1. The Labute approximate surface area is 357 Å². The molecule has 2 nitrogen and oxygen atoms in total. The fourth-order valence-corrected chi connectivity index (χ4v) is 9.25. The van der Waals surface area contributed by atoms with Crippen LogP contribution in [0, 0.1) is 51.0 Å². The number of anilines is 6. The molecule has 6 heteroatoms. The summed E-state index contributed by atoms with van der Waals surface area (Å²) in [5.74, 6) is -2.69. The first-order chi connectivity index (χ1) is 30.0. The van der Waals surface area contributed by atoms with Gasteiger partial charge in [0.15, 0.2) is 0 Å². The summed E-state index contributed by atoms with van der Waals surface area (Å²) in [6, 6.07) is 52.1. The standard InChI is InChI=1S/C56H40F4N2/c1-33-23-34(2)26-39(25-33)45-29-53(49(59)31-47(45)57)61(41-11-7-5-8-12-41)51-21-17-37-16-20-44-52(22-18-38-15-19-43(51)55(37)56(38)44)62(42-13-9-6-10-14-42)54-30-46(48(58)32-50(54)60)40-27-35(3)24-36(4)28-40/h5-32H,1-4H3. The van der Waals surface area contributed by atoms with Gasteiger partial charge in [-0.25, -0.2) is 17.6 Å². The van der Waals surface area contributed by atoms with Gasteiger partial charge in [-0.3, -0.25) is 0 Å². The first kappa shape index (κ1) is 38.7. The number of hydrogen-bond donors (Lipinski definition) is 0. The lowest BCUT2D eigenvalue weighted by atomic mass is 9.91. The molecule has 0 aliphatic heterocycles. The second kappa shape index (κ2) is 15.2. The zero-order valence-electron chi connectivity index (χ0n) is 34.6. The number of halogens is 4. The molecule has 0 amide bonds. The minimum Gasteiger partial charge on any atom is -0.307 e. The Morgan fingerprint density at radius 2 is 0.677 bits per heavy atom. The Morgan fingerprint density at radius 3 is 1.05 bits per heavy atom. The maximum atomic E-state index is 16.5. The van der Waals surface area contributed by atoms with Gasteiger partial charge in [0.2, 0.25) is 0 Å². The highest BCUT2D eigenvalue weighted by Gasteiger charge is 2.26. The monoisotopic (exact) mass is 816 g/mol. The van der Waals surface area contributed by atoms with Crippen molar-refractivity contribution in [1.82, 2.24) is 0 Å². The molecule has 0 bridgehead atoms. The number of hydrogen-bond acceptors (Lipinski definition) is 2. The van der Waals surface area contributed by atoms with Gasteiger partial charge in [0.05, 0.1) is 22.7 Å². The van der Waals surface area contributed by atoms with E-state index in [0.717, 1.165) is 66.7 Å². The average Bonchev–Trinajstić information content (AvgIpc) is 3.25. The van der Waals surface area contributed by atoms with Crippen LogP contribution in [0.15, 0.2) is 170 Å². The Kier molecular flexibility index (Phi) is 9.52. The minimum absolute atomic E-state index is 0.198. The summed E-state index contributed by atoms with van der Waals surface area (Å²) in [7, 11) is 0. The van der Waals surface area contributed by atoms with Gasteiger partial charge in [0.1, 0.15) is 23.3 Å². The molecular weight excluding hydrogens is 777 g/mol. The van der Waals surface area contributed by atoms with Crippen molar-refractivity contribution in [1.29, 1.82) is 0 Å². The van der Waals surface area contributed by atoms with Gasteiger partial charge in [0.25, 0.3) is 0 Å². The third-order valence-corrected chi connectivity index (χ3v) is 11.7. The van der Waals surface area contributed by atoms with E-state index in [-0.39, 0.29) is 11.4 Å². The van der Waals surface area contributed by atoms with E-state index >= 15 is 17.6 Å². The maximum Gasteiger partial charge on any atom is 0.150 e. The Balaban J connectivity index is 1.22. The molecule has 302 valence electrons. The number of nitrogens with zero attached hydrogens (tertiary/aromatic N) is 2. The van der Waals surface area contributed by atoms with Crippen LogP contribution in [-0.2, 0) is 0 Å². The highest BCUT2D eigenvalue weighted by molar-refractivity contribution is 6.28. The molecule has 0 unspecified atom stereocenters. The van der Waals surface area contributed by atoms with Gasteiger partial charge in [-0.05, 0) is 109 Å². The molecule has 0 spiro atoms. The van der Waals surface area contributed by atoms with Crippen molar-refractivity contribution >= 4 is 66.4 Å². The van der Waals surface area contributed by atoms with E-state index in [2.05, 4.69) is 0 Å². The molecule has 0 aromatic heterocycles. The van der Waals surface area contributed by atoms with Gasteiger partial charge in [0, 0.05) is 45.4 Å². The predicted octanol–water partition coefficient (Wildman–Crippen LogP) is 16.6. The molecule has 0 N–H and O–H groups in total. The summed E-state index contributed by atoms with van der Waals surface area (Å²) in [6.45, 7) is 7.85. The van der Waals surface area contributed by atoms with Crippen molar-refractivity contribution in [3.8, 4) is 22.3 Å². The predicted molar refractivity (Wildman–Crippen MR) is 249 cm³/mol. The van der Waals surface area contributed by atoms with Crippen molar-refractivity contribution < 1.29 is 17.6 Å². The van der Waals surface area contributed by atoms with E-state index in [1.165, 1.54) is 0 Å². The topological polar surface area (TPSA) is 6.48 Å². The van der Waals surface area contributed by atoms with E-state index in [4.69, 9.17) is 0 Å². The lowest BCUT2D eigenvalue weighted by Gasteiger charge is -2.30. The van der Waals surface area contributed by atoms with Crippen molar-refractivity contribution in [2.24, 2.45) is 0 Å². The summed E-state index contributed by atoms with van der Waals surface area (Å²) >= 11 is 0. The Hall–Kier alpha value is -7.44. The van der Waals surface area contributed by atoms with Crippen LogP contribution in [0.2, 0.25) is 0 Å². The third-order valence-electron chi connectivity index (χ3n) is 11.7. The lowest BCUT2D eigenvalue weighted by Crippen LogP contribution is -2.14. The van der Waals surface area contributed by atoms with Crippen LogP contribution in [0.1, 0.15) is 22.3 Å². The quantitative estimate of drug-likeness (QED) is 0.111. The number of para-hydroxylation sites is 2. The second-order valence-corrected chi connectivity index (χ2v) is 16.3. The van der Waals surface area contributed by atoms with E-state index in [1.54, 1.807) is 12.1 Å². The normalized spacial score (nSPS) is 11.5. The first-order valence-electron chi connectivity index (χ1n) is 20.6. The zero-order valence-corrected chi connectivity index (χ0v) is 34.6. The van der Waals surface area contributed by atoms with Crippen molar-refractivity contribution in [2.45, 2.75) is 27.7 Å². The van der Waals surface area contributed by atoms with Crippen LogP contribution in [-0.4, -0.2) is 0 Å². The summed E-state index contributed by atoms with van der Waals surface area (Å²) in [6.07, 6.45) is 0. The van der Waals surface area contributed by atoms with Crippen LogP contribution in [0.5, 0.6) is 0 Å². The van der Waals surface area contributed by atoms with E-state index in [9.17, 15) is 0 Å². The minimum atomic E-state index is -0.701. The number of rotatable bonds is 8. The number of benzene rings is 10. The molecule has 0 heterocycles. The van der Waals surface area contributed by atoms with Crippen LogP contribution in [0.3, 0.4) is 0 Å². The first-order valence-corrected chi connectivity index (χ1v) is 20.6. The van der Waals surface area contributed by atoms with Crippen molar-refractivity contribution in [3.63, 3.8) is 0 Å². The van der Waals surface area contributed by atoms with E-state index < -0.39 is 23.3 Å². The Bertz CT molecular complexity index is 3080. The second-order valence-electron chi connectivity index (χ2n) is 16.3. The van der Waals surface area contributed by atoms with Crippen molar-refractivity contribution in [3.05, 3.63) is 215 Å². The van der Waals surface area contributed by atoms with Gasteiger partial charge < -0.3 is 9.80 Å². The molecule has 0 fully saturated rings. The average molecular weight is 817 g/mol. The van der Waals surface area contributed by atoms with Crippen LogP contribution in [0.25, 0.3) is 54.6 Å². The largest absolute Gasteiger partial charge is 0.307 e. The molecule has 0 saturated heterocycles. The van der Waals surface area contributed by atoms with Crippen LogP contribution >= 0.6 is 0 Å². The zero-order chi connectivity index (χ0) is 42.8. The molecule has 0 radical (unpaired) electrons. The Morgan fingerprint density at radius 1 is 0.323 bits per heavy atom. The molecule has 0 aliphatic rings. The molecule has 62 heavy (non-hydrogen) atoms. The highest BCUT2D eigenvalue weighted by atomic mass is 19.1. The van der Waals surface area contributed by atoms with Crippen LogP contribution in [0.4, 0.5) is 51.7 Å². The van der Waals surface area contributed by atoms with Crippen molar-refractivity contribution in [2.75, 3.05) is 9.80 Å². The highest BCUT2D eigenvalue weighted by Crippen LogP contribution is 2.49. The fourth-order valence-electron chi connectivity index (χ4n) is 9.25. The molecule has 0 aliphatic carbocycles. The molecule has 10 aromatic rings. The van der Waals surface area contributed by atoms with E-state index in [1.807, 2.05) is 183 Å². The molecule has 0 atom stereocenters. The summed E-state index contributed by atoms with van der Waals surface area (Å²) < 4.78 is 64.6. The van der Waals surface area contributed by atoms with Gasteiger partial charge in [-0.2, -0.15) is 0 Å². The third kappa shape index (κ3) is 6.69. The smallest absolute Gasteiger partial charge is 0.150 e. The fraction of sp³-hybridized carbons (Fsp3) is 0.0714. The molecular formula is C56H40F4N2. The van der Waals surface area contributed by atoms with Crippen LogP contribution < -0.4 is 9.80 Å². The summed E-state index contributed by atoms with van der Waals surface area (Å²) in [5.41, 5.74) is 9.02. The molecule has 0 saturated carbocycles. The number of aryl methyl sites for hydroxylation is 4. The summed E-state index contributed by atoms with van der Waals surface area (Å²) in [5, 5.41) is 5.46.